The average molecular weight is 144 g/mol. The summed E-state index contributed by atoms with van der Waals surface area (Å²) in [5.41, 5.74) is 0. The first kappa shape index (κ1) is 6.58. The van der Waals surface area contributed by atoms with Gasteiger partial charge in [0.25, 0.3) is 0 Å². The second-order valence-corrected chi connectivity index (χ2v) is 2.94. The lowest BCUT2D eigenvalue weighted by Crippen LogP contribution is -2.25. The highest BCUT2D eigenvalue weighted by molar-refractivity contribution is 4.81. The van der Waals surface area contributed by atoms with E-state index in [9.17, 15) is 0 Å². The van der Waals surface area contributed by atoms with Crippen LogP contribution in [0.1, 0.15) is 12.8 Å². The van der Waals surface area contributed by atoms with E-state index in [1.54, 1.807) is 0 Å². The van der Waals surface area contributed by atoms with Crippen LogP contribution in [0.25, 0.3) is 0 Å². The molecule has 0 spiro atoms. The van der Waals surface area contributed by atoms with Crippen LogP contribution in [-0.2, 0) is 9.47 Å². The zero-order valence-electron chi connectivity index (χ0n) is 5.82. The molecule has 2 aliphatic heterocycles. The third-order valence-corrected chi connectivity index (χ3v) is 2.29. The summed E-state index contributed by atoms with van der Waals surface area (Å²) in [6.07, 6.45) is 2.07. The van der Waals surface area contributed by atoms with Gasteiger partial charge in [-0.3, -0.25) is 0 Å². The Labute approximate surface area is 59.9 Å². The van der Waals surface area contributed by atoms with E-state index in [0.29, 0.717) is 5.92 Å². The zero-order chi connectivity index (χ0) is 6.97. The zero-order valence-corrected chi connectivity index (χ0v) is 5.82. The van der Waals surface area contributed by atoms with Crippen LogP contribution in [0.15, 0.2) is 0 Å². The van der Waals surface area contributed by atoms with Gasteiger partial charge in [0.15, 0.2) is 6.29 Å². The molecule has 0 aromatic rings. The van der Waals surface area contributed by atoms with Gasteiger partial charge >= 0.3 is 0 Å². The number of hydrogen-bond acceptors (Lipinski definition) is 3. The molecule has 0 radical (unpaired) electrons. The van der Waals surface area contributed by atoms with Crippen molar-refractivity contribution in [3.63, 3.8) is 0 Å². The predicted molar refractivity (Wildman–Crippen MR) is 34.4 cm³/mol. The van der Waals surface area contributed by atoms with Crippen molar-refractivity contribution in [2.75, 3.05) is 13.2 Å². The van der Waals surface area contributed by atoms with Gasteiger partial charge in [0.05, 0.1) is 12.7 Å². The van der Waals surface area contributed by atoms with Crippen LogP contribution in [0.2, 0.25) is 0 Å². The Balaban J connectivity index is 2.01. The van der Waals surface area contributed by atoms with Crippen LogP contribution >= 0.6 is 0 Å². The molecule has 2 heterocycles. The average Bonchev–Trinajstić information content (AvgIpc) is 2.26. The molecule has 2 bridgehead atoms. The maximum atomic E-state index is 8.88. The standard InChI is InChI=1S/C7H12O3/c8-4-5-3-7-9-2-1-6(5)10-7/h5-8H,1-4H2/t5-,6+,7+/m1/s1. The van der Waals surface area contributed by atoms with Gasteiger partial charge in [-0.15, -0.1) is 0 Å². The smallest absolute Gasteiger partial charge is 0.158 e. The minimum absolute atomic E-state index is 0.0177. The molecule has 3 atom stereocenters. The summed E-state index contributed by atoms with van der Waals surface area (Å²) >= 11 is 0. The minimum atomic E-state index is -0.0177. The minimum Gasteiger partial charge on any atom is -0.396 e. The topological polar surface area (TPSA) is 38.7 Å². The monoisotopic (exact) mass is 144 g/mol. The molecule has 2 aliphatic rings. The Hall–Kier alpha value is -0.120. The number of fused-ring (bicyclic) bond motifs is 2. The summed E-state index contributed by atoms with van der Waals surface area (Å²) in [5, 5.41) is 8.88. The lowest BCUT2D eigenvalue weighted by molar-refractivity contribution is -0.175. The van der Waals surface area contributed by atoms with Crippen LogP contribution in [-0.4, -0.2) is 30.7 Å². The molecule has 1 N–H and O–H groups in total. The Morgan fingerprint density at radius 1 is 1.50 bits per heavy atom. The van der Waals surface area contributed by atoms with Crippen molar-refractivity contribution in [3.8, 4) is 0 Å². The van der Waals surface area contributed by atoms with Crippen molar-refractivity contribution < 1.29 is 14.6 Å². The predicted octanol–water partition coefficient (Wildman–Crippen LogP) is 0.130. The molecule has 3 heteroatoms. The lowest BCUT2D eigenvalue weighted by Gasteiger charge is -2.21. The fraction of sp³-hybridized carbons (Fsp3) is 1.00. The van der Waals surface area contributed by atoms with Crippen LogP contribution < -0.4 is 0 Å². The van der Waals surface area contributed by atoms with Gasteiger partial charge in [0, 0.05) is 18.9 Å². The van der Waals surface area contributed by atoms with E-state index in [2.05, 4.69) is 0 Å². The quantitative estimate of drug-likeness (QED) is 0.568. The van der Waals surface area contributed by atoms with Crippen molar-refractivity contribution in [2.45, 2.75) is 25.2 Å². The highest BCUT2D eigenvalue weighted by Crippen LogP contribution is 2.32. The molecule has 3 nitrogen and oxygen atoms in total. The van der Waals surface area contributed by atoms with Crippen LogP contribution in [0.3, 0.4) is 0 Å². The first-order valence-corrected chi connectivity index (χ1v) is 3.78. The van der Waals surface area contributed by atoms with Crippen molar-refractivity contribution in [1.82, 2.24) is 0 Å². The summed E-state index contributed by atoms with van der Waals surface area (Å²) in [7, 11) is 0. The second kappa shape index (κ2) is 2.49. The maximum Gasteiger partial charge on any atom is 0.158 e. The molecule has 10 heavy (non-hydrogen) atoms. The maximum absolute atomic E-state index is 8.88. The Kier molecular flexibility index (Phi) is 1.64. The number of rotatable bonds is 1. The van der Waals surface area contributed by atoms with Crippen LogP contribution in [0.5, 0.6) is 0 Å². The molecule has 0 amide bonds. The number of aliphatic hydroxyl groups excluding tert-OH is 1. The number of hydrogen-bond donors (Lipinski definition) is 1. The van der Waals surface area contributed by atoms with Crippen molar-refractivity contribution in [2.24, 2.45) is 5.92 Å². The van der Waals surface area contributed by atoms with Gasteiger partial charge in [0.2, 0.25) is 0 Å². The van der Waals surface area contributed by atoms with E-state index in [4.69, 9.17) is 14.6 Å². The van der Waals surface area contributed by atoms with Gasteiger partial charge in [-0.25, -0.2) is 0 Å². The van der Waals surface area contributed by atoms with Gasteiger partial charge in [-0.05, 0) is 6.42 Å². The fourth-order valence-corrected chi connectivity index (χ4v) is 1.68. The van der Waals surface area contributed by atoms with Gasteiger partial charge in [0.1, 0.15) is 0 Å². The van der Waals surface area contributed by atoms with E-state index in [0.717, 1.165) is 19.4 Å². The van der Waals surface area contributed by atoms with Crippen LogP contribution in [0.4, 0.5) is 0 Å². The first-order valence-electron chi connectivity index (χ1n) is 3.78. The van der Waals surface area contributed by atoms with Crippen molar-refractivity contribution in [1.29, 1.82) is 0 Å². The fourth-order valence-electron chi connectivity index (χ4n) is 1.68. The number of aliphatic hydroxyl groups is 1. The summed E-state index contributed by atoms with van der Waals surface area (Å²) in [5.74, 6) is 0.326. The molecule has 2 rings (SSSR count). The first-order chi connectivity index (χ1) is 4.90. The number of ether oxygens (including phenoxy) is 2. The molecule has 58 valence electrons. The molecular formula is C7H12O3. The third-order valence-electron chi connectivity index (χ3n) is 2.29. The Bertz CT molecular complexity index is 126. The molecular weight excluding hydrogens is 132 g/mol. The molecule has 0 unspecified atom stereocenters. The summed E-state index contributed by atoms with van der Waals surface area (Å²) < 4.78 is 10.7. The van der Waals surface area contributed by atoms with Gasteiger partial charge in [-0.2, -0.15) is 0 Å². The molecule has 2 saturated heterocycles. The lowest BCUT2D eigenvalue weighted by atomic mass is 10.0. The summed E-state index contributed by atoms with van der Waals surface area (Å²) in [4.78, 5) is 0. The van der Waals surface area contributed by atoms with E-state index in [-0.39, 0.29) is 19.0 Å². The normalized spacial score (nSPS) is 45.9. The highest BCUT2D eigenvalue weighted by Gasteiger charge is 2.38. The Morgan fingerprint density at radius 3 is 3.10 bits per heavy atom. The van der Waals surface area contributed by atoms with Crippen molar-refractivity contribution in [3.05, 3.63) is 0 Å². The molecule has 0 aromatic heterocycles. The molecule has 0 aromatic carbocycles. The summed E-state index contributed by atoms with van der Waals surface area (Å²) in [6.45, 7) is 1.04. The largest absolute Gasteiger partial charge is 0.396 e. The van der Waals surface area contributed by atoms with E-state index >= 15 is 0 Å². The summed E-state index contributed by atoms with van der Waals surface area (Å²) in [6, 6.07) is 0. The van der Waals surface area contributed by atoms with Gasteiger partial charge in [-0.1, -0.05) is 0 Å². The van der Waals surface area contributed by atoms with E-state index < -0.39 is 0 Å². The van der Waals surface area contributed by atoms with Gasteiger partial charge < -0.3 is 14.6 Å². The Morgan fingerprint density at radius 2 is 2.40 bits per heavy atom. The SMILES string of the molecule is OC[C@H]1C[C@H]2OCC[C@@H]1O2. The van der Waals surface area contributed by atoms with E-state index in [1.165, 1.54) is 0 Å². The molecule has 0 aliphatic carbocycles. The van der Waals surface area contributed by atoms with E-state index in [1.807, 2.05) is 0 Å². The second-order valence-electron chi connectivity index (χ2n) is 2.94. The third kappa shape index (κ3) is 0.944. The molecule has 2 fully saturated rings. The van der Waals surface area contributed by atoms with Crippen molar-refractivity contribution >= 4 is 0 Å². The molecule has 0 saturated carbocycles. The van der Waals surface area contributed by atoms with Crippen LogP contribution in [0, 0.1) is 5.92 Å². The highest BCUT2D eigenvalue weighted by atomic mass is 16.7.